The van der Waals surface area contributed by atoms with Gasteiger partial charge in [-0.25, -0.2) is 0 Å². The highest BCUT2D eigenvalue weighted by atomic mass is 15.2. The molecule has 0 aliphatic heterocycles. The topological polar surface area (TPSA) is 6.48 Å². The highest BCUT2D eigenvalue weighted by Gasteiger charge is 2.51. The Balaban J connectivity index is 1.02. The number of rotatable bonds is 7. The molecule has 0 saturated heterocycles. The predicted octanol–water partition coefficient (Wildman–Crippen LogP) is 18.1. The number of hydrogen-bond acceptors (Lipinski definition) is 2. The van der Waals surface area contributed by atoms with E-state index >= 15 is 0 Å². The molecule has 70 heavy (non-hydrogen) atoms. The lowest BCUT2D eigenvalue weighted by atomic mass is 9.70. The van der Waals surface area contributed by atoms with Crippen LogP contribution in [0.3, 0.4) is 0 Å². The minimum Gasteiger partial charge on any atom is -0.310 e. The van der Waals surface area contributed by atoms with Crippen molar-refractivity contribution >= 4 is 44.9 Å². The van der Waals surface area contributed by atoms with E-state index in [9.17, 15) is 0 Å². The highest BCUT2D eigenvalue weighted by molar-refractivity contribution is 6.00. The first-order valence-electron chi connectivity index (χ1n) is 24.5. The van der Waals surface area contributed by atoms with E-state index in [1.54, 1.807) is 0 Å². The van der Waals surface area contributed by atoms with Gasteiger partial charge < -0.3 is 9.80 Å². The zero-order valence-electron chi connectivity index (χ0n) is 39.1. The summed E-state index contributed by atoms with van der Waals surface area (Å²) in [6, 6.07) is 94.8. The van der Waals surface area contributed by atoms with Gasteiger partial charge in [-0.1, -0.05) is 196 Å². The van der Waals surface area contributed by atoms with Crippen LogP contribution in [0.1, 0.15) is 47.2 Å². The third kappa shape index (κ3) is 5.80. The Morgan fingerprint density at radius 1 is 0.271 bits per heavy atom. The van der Waals surface area contributed by atoms with E-state index in [1.807, 2.05) is 0 Å². The fraction of sp³-hybridized carbons (Fsp3) is 0.0588. The van der Waals surface area contributed by atoms with E-state index in [0.717, 1.165) is 39.7 Å². The number of para-hydroxylation sites is 3. The lowest BCUT2D eigenvalue weighted by molar-refractivity contribution is 0.666. The van der Waals surface area contributed by atoms with Gasteiger partial charge in [0.15, 0.2) is 0 Å². The molecule has 0 unspecified atom stereocenters. The second-order valence-electron chi connectivity index (χ2n) is 19.6. The smallest absolute Gasteiger partial charge is 0.0726 e. The molecule has 0 atom stereocenters. The Morgan fingerprint density at radius 2 is 0.743 bits per heavy atom. The lowest BCUT2D eigenvalue weighted by Gasteiger charge is -2.33. The van der Waals surface area contributed by atoms with Gasteiger partial charge >= 0.3 is 0 Å². The molecule has 2 nitrogen and oxygen atoms in total. The van der Waals surface area contributed by atoms with E-state index in [-0.39, 0.29) is 5.41 Å². The molecule has 11 aromatic rings. The minimum atomic E-state index is -0.471. The molecular formula is C68H48N2. The van der Waals surface area contributed by atoms with Crippen LogP contribution in [0.25, 0.3) is 55.3 Å². The Kier molecular flexibility index (Phi) is 8.88. The number of anilines is 6. The Labute approximate surface area is 410 Å². The van der Waals surface area contributed by atoms with Gasteiger partial charge in [0, 0.05) is 39.5 Å². The normalized spacial score (nSPS) is 13.8. The summed E-state index contributed by atoms with van der Waals surface area (Å²) in [4.78, 5) is 4.87. The molecule has 0 fully saturated rings. The maximum atomic E-state index is 2.50. The van der Waals surface area contributed by atoms with E-state index in [2.05, 4.69) is 278 Å². The first-order chi connectivity index (χ1) is 34.5. The van der Waals surface area contributed by atoms with Crippen molar-refractivity contribution in [2.45, 2.75) is 24.7 Å². The molecule has 330 valence electrons. The second-order valence-corrected chi connectivity index (χ2v) is 19.6. The van der Waals surface area contributed by atoms with Crippen molar-refractivity contribution in [3.8, 4) is 44.5 Å². The van der Waals surface area contributed by atoms with Crippen LogP contribution in [0.5, 0.6) is 0 Å². The molecule has 0 radical (unpaired) electrons. The summed E-state index contributed by atoms with van der Waals surface area (Å²) in [6.45, 7) is 4.78. The van der Waals surface area contributed by atoms with Crippen molar-refractivity contribution in [2.24, 2.45) is 0 Å². The van der Waals surface area contributed by atoms with E-state index in [4.69, 9.17) is 0 Å². The summed E-state index contributed by atoms with van der Waals surface area (Å²) in [5.41, 5.74) is 24.1. The molecule has 0 bridgehead atoms. The third-order valence-electron chi connectivity index (χ3n) is 15.6. The Morgan fingerprint density at radius 3 is 1.31 bits per heavy atom. The zero-order chi connectivity index (χ0) is 46.6. The van der Waals surface area contributed by atoms with Crippen LogP contribution in [-0.2, 0) is 10.8 Å². The van der Waals surface area contributed by atoms with Gasteiger partial charge in [0.1, 0.15) is 0 Å². The molecule has 0 aromatic heterocycles. The van der Waals surface area contributed by atoms with E-state index in [1.165, 1.54) is 83.1 Å². The van der Waals surface area contributed by atoms with Crippen molar-refractivity contribution in [3.05, 3.63) is 288 Å². The molecular weight excluding hydrogens is 845 g/mol. The first kappa shape index (κ1) is 40.4. The number of hydrogen-bond donors (Lipinski definition) is 0. The van der Waals surface area contributed by atoms with Crippen molar-refractivity contribution in [2.75, 3.05) is 9.80 Å². The van der Waals surface area contributed by atoms with Crippen molar-refractivity contribution in [3.63, 3.8) is 0 Å². The third-order valence-corrected chi connectivity index (χ3v) is 15.6. The number of fused-ring (bicyclic) bond motifs is 15. The molecule has 3 aliphatic carbocycles. The summed E-state index contributed by atoms with van der Waals surface area (Å²) < 4.78 is 0. The molecule has 0 N–H and O–H groups in total. The van der Waals surface area contributed by atoms with Crippen LogP contribution in [0.2, 0.25) is 0 Å². The maximum absolute atomic E-state index is 2.50. The van der Waals surface area contributed by atoms with Gasteiger partial charge in [-0.2, -0.15) is 0 Å². The van der Waals surface area contributed by atoms with Crippen LogP contribution >= 0.6 is 0 Å². The predicted molar refractivity (Wildman–Crippen MR) is 293 cm³/mol. The Hall–Kier alpha value is -8.72. The van der Waals surface area contributed by atoms with Gasteiger partial charge in [-0.15, -0.1) is 0 Å². The van der Waals surface area contributed by atoms with Gasteiger partial charge in [0.25, 0.3) is 0 Å². The van der Waals surface area contributed by atoms with Gasteiger partial charge in [0.2, 0.25) is 0 Å². The minimum absolute atomic E-state index is 0.149. The van der Waals surface area contributed by atoms with Crippen molar-refractivity contribution in [1.82, 2.24) is 0 Å². The second kappa shape index (κ2) is 15.4. The molecule has 1 spiro atoms. The Bertz CT molecular complexity index is 3770. The summed E-state index contributed by atoms with van der Waals surface area (Å²) in [7, 11) is 0. The van der Waals surface area contributed by atoms with Gasteiger partial charge in [0.05, 0.1) is 5.41 Å². The first-order valence-corrected chi connectivity index (χ1v) is 24.5. The van der Waals surface area contributed by atoms with Gasteiger partial charge in [-0.05, 0) is 161 Å². The van der Waals surface area contributed by atoms with Crippen LogP contribution < -0.4 is 9.80 Å². The van der Waals surface area contributed by atoms with Crippen LogP contribution in [0, 0.1) is 0 Å². The van der Waals surface area contributed by atoms with Crippen molar-refractivity contribution < 1.29 is 0 Å². The van der Waals surface area contributed by atoms with Crippen molar-refractivity contribution in [1.29, 1.82) is 0 Å². The maximum Gasteiger partial charge on any atom is 0.0726 e. The zero-order valence-corrected chi connectivity index (χ0v) is 39.1. The highest BCUT2D eigenvalue weighted by Crippen LogP contribution is 2.63. The summed E-state index contributed by atoms with van der Waals surface area (Å²) >= 11 is 0. The van der Waals surface area contributed by atoms with E-state index < -0.39 is 5.41 Å². The summed E-state index contributed by atoms with van der Waals surface area (Å²) in [6.07, 6.45) is 0. The largest absolute Gasteiger partial charge is 0.310 e. The average Bonchev–Trinajstić information content (AvgIpc) is 3.98. The summed E-state index contributed by atoms with van der Waals surface area (Å²) in [5.74, 6) is 0. The molecule has 0 saturated carbocycles. The average molecular weight is 893 g/mol. The fourth-order valence-corrected chi connectivity index (χ4v) is 12.7. The quantitative estimate of drug-likeness (QED) is 0.157. The van der Waals surface area contributed by atoms with Crippen LogP contribution in [-0.4, -0.2) is 0 Å². The number of benzene rings is 11. The van der Waals surface area contributed by atoms with Crippen LogP contribution in [0.4, 0.5) is 34.1 Å². The number of nitrogens with zero attached hydrogens (tertiary/aromatic N) is 2. The molecule has 11 aromatic carbocycles. The molecule has 14 rings (SSSR count). The van der Waals surface area contributed by atoms with E-state index in [0.29, 0.717) is 0 Å². The lowest BCUT2D eigenvalue weighted by Crippen LogP contribution is -2.26. The standard InChI is InChI=1S/C68H48N2/c1-67(2)61-39-35-46(42-60(61)59-37-34-45-20-12-13-27-54(45)66(59)67)47-40-52(69(48-21-6-3-7-22-48)49-23-8-4-9-24-49)43-53(41-47)70(50-25-10-5-11-26-50)51-36-38-58-57-30-16-19-33-64(57)68(65(58)44-51)62-31-17-14-28-55(62)56-29-15-18-32-63(56)68/h3-44H,1-2H3. The SMILES string of the molecule is CC1(C)c2ccc(-c3cc(N(c4ccccc4)c4ccccc4)cc(N(c4ccccc4)c4ccc5c(c4)C4(c6ccccc6-c6ccccc64)c4ccccc4-5)c3)cc2-c2ccc3ccccc3c21. The molecule has 3 aliphatic rings. The summed E-state index contributed by atoms with van der Waals surface area (Å²) in [5, 5.41) is 2.61. The molecule has 0 heterocycles. The fourth-order valence-electron chi connectivity index (χ4n) is 12.7. The van der Waals surface area contributed by atoms with Gasteiger partial charge in [-0.3, -0.25) is 0 Å². The molecule has 0 amide bonds. The monoisotopic (exact) mass is 892 g/mol. The van der Waals surface area contributed by atoms with Crippen LogP contribution in [0.15, 0.2) is 255 Å². The molecule has 2 heteroatoms.